The molecule has 0 fully saturated rings. The first kappa shape index (κ1) is 21.0. The molecule has 0 aliphatic heterocycles. The number of rotatable bonds is 7. The van der Waals surface area contributed by atoms with Crippen LogP contribution < -0.4 is 5.32 Å². The Balaban J connectivity index is 1.52. The Kier molecular flexibility index (Phi) is 5.93. The van der Waals surface area contributed by atoms with E-state index in [1.807, 2.05) is 49.8 Å². The van der Waals surface area contributed by atoms with Gasteiger partial charge in [-0.2, -0.15) is 0 Å². The molecule has 3 N–H and O–H groups in total. The third kappa shape index (κ3) is 4.53. The second kappa shape index (κ2) is 9.32. The van der Waals surface area contributed by atoms with E-state index in [1.54, 1.807) is 0 Å². The van der Waals surface area contributed by atoms with E-state index >= 15 is 0 Å². The molecule has 5 aromatic rings. The molecule has 4 aromatic heterocycles. The molecule has 0 aliphatic rings. The van der Waals surface area contributed by atoms with Crippen LogP contribution in [0.3, 0.4) is 0 Å². The lowest BCUT2D eigenvalue weighted by atomic mass is 9.99. The van der Waals surface area contributed by atoms with Crippen molar-refractivity contribution in [1.29, 1.82) is 0 Å². The van der Waals surface area contributed by atoms with E-state index in [-0.39, 0.29) is 6.61 Å². The third-order valence-corrected chi connectivity index (χ3v) is 5.63. The van der Waals surface area contributed by atoms with Gasteiger partial charge in [-0.3, -0.25) is 9.97 Å². The van der Waals surface area contributed by atoms with E-state index < -0.39 is 0 Å². The Labute approximate surface area is 192 Å². The highest BCUT2D eigenvalue weighted by Crippen LogP contribution is 2.33. The van der Waals surface area contributed by atoms with Crippen molar-refractivity contribution in [1.82, 2.24) is 25.3 Å². The Hall–Kier alpha value is -3.87. The summed E-state index contributed by atoms with van der Waals surface area (Å²) in [6, 6.07) is 20.7. The minimum absolute atomic E-state index is 0.140. The summed E-state index contributed by atoms with van der Waals surface area (Å²) in [6.45, 7) is 3.45. The molecule has 6 heteroatoms. The number of nitrogens with zero attached hydrogens (tertiary/aromatic N) is 3. The van der Waals surface area contributed by atoms with Gasteiger partial charge in [0.2, 0.25) is 0 Å². The van der Waals surface area contributed by atoms with Crippen molar-refractivity contribution in [2.75, 3.05) is 13.2 Å². The van der Waals surface area contributed by atoms with Gasteiger partial charge in [-0.05, 0) is 53.9 Å². The van der Waals surface area contributed by atoms with Gasteiger partial charge in [-0.1, -0.05) is 30.3 Å². The van der Waals surface area contributed by atoms with Crippen LogP contribution in [0, 0.1) is 6.92 Å². The predicted octanol–water partition coefficient (Wildman–Crippen LogP) is 4.74. The number of fused-ring (bicyclic) bond motifs is 1. The van der Waals surface area contributed by atoms with E-state index in [2.05, 4.69) is 56.7 Å². The van der Waals surface area contributed by atoms with E-state index in [4.69, 9.17) is 10.1 Å². The van der Waals surface area contributed by atoms with Gasteiger partial charge >= 0.3 is 0 Å². The molecule has 4 heterocycles. The molecule has 1 aromatic carbocycles. The molecule has 164 valence electrons. The number of pyridine rings is 3. The largest absolute Gasteiger partial charge is 0.395 e. The van der Waals surface area contributed by atoms with E-state index in [1.165, 1.54) is 5.56 Å². The van der Waals surface area contributed by atoms with E-state index in [0.29, 0.717) is 6.54 Å². The molecule has 0 bridgehead atoms. The van der Waals surface area contributed by atoms with Crippen LogP contribution in [0.5, 0.6) is 0 Å². The second-order valence-electron chi connectivity index (χ2n) is 8.02. The Morgan fingerprint density at radius 1 is 0.879 bits per heavy atom. The molecule has 0 unspecified atom stereocenters. The third-order valence-electron chi connectivity index (χ3n) is 5.63. The first-order valence-electron chi connectivity index (χ1n) is 11.0. The van der Waals surface area contributed by atoms with Crippen LogP contribution in [0.15, 0.2) is 79.3 Å². The van der Waals surface area contributed by atoms with Gasteiger partial charge < -0.3 is 15.4 Å². The van der Waals surface area contributed by atoms with Crippen LogP contribution in [-0.4, -0.2) is 38.2 Å². The lowest BCUT2D eigenvalue weighted by Gasteiger charge is -2.10. The summed E-state index contributed by atoms with van der Waals surface area (Å²) >= 11 is 0. The van der Waals surface area contributed by atoms with Crippen molar-refractivity contribution < 1.29 is 5.11 Å². The quantitative estimate of drug-likeness (QED) is 0.321. The predicted molar refractivity (Wildman–Crippen MR) is 132 cm³/mol. The first-order valence-corrected chi connectivity index (χ1v) is 11.0. The van der Waals surface area contributed by atoms with Crippen molar-refractivity contribution in [2.45, 2.75) is 13.5 Å². The van der Waals surface area contributed by atoms with E-state index in [9.17, 15) is 0 Å². The zero-order valence-electron chi connectivity index (χ0n) is 18.4. The van der Waals surface area contributed by atoms with E-state index in [0.717, 1.165) is 56.9 Å². The molecule has 0 aliphatic carbocycles. The fourth-order valence-electron chi connectivity index (χ4n) is 3.97. The maximum atomic E-state index is 8.92. The van der Waals surface area contributed by atoms with Gasteiger partial charge in [-0.15, -0.1) is 0 Å². The highest BCUT2D eigenvalue weighted by atomic mass is 16.3. The summed E-state index contributed by atoms with van der Waals surface area (Å²) < 4.78 is 0. The number of aryl methyl sites for hydroxylation is 1. The van der Waals surface area contributed by atoms with Crippen LogP contribution in [0.2, 0.25) is 0 Å². The lowest BCUT2D eigenvalue weighted by molar-refractivity contribution is 0.292. The van der Waals surface area contributed by atoms with Crippen molar-refractivity contribution in [3.8, 4) is 33.6 Å². The normalized spacial score (nSPS) is 11.2. The molecule has 0 atom stereocenters. The number of hydrogen-bond donors (Lipinski definition) is 3. The summed E-state index contributed by atoms with van der Waals surface area (Å²) in [4.78, 5) is 17.2. The van der Waals surface area contributed by atoms with Crippen molar-refractivity contribution in [2.24, 2.45) is 0 Å². The topological polar surface area (TPSA) is 86.7 Å². The van der Waals surface area contributed by atoms with Crippen LogP contribution in [0.1, 0.15) is 11.3 Å². The lowest BCUT2D eigenvalue weighted by Crippen LogP contribution is -2.17. The van der Waals surface area contributed by atoms with Crippen molar-refractivity contribution in [3.05, 3.63) is 90.5 Å². The van der Waals surface area contributed by atoms with Gasteiger partial charge in [0.15, 0.2) is 0 Å². The number of nitrogens with one attached hydrogen (secondary N) is 2. The summed E-state index contributed by atoms with van der Waals surface area (Å²) in [5.41, 5.74) is 8.90. The second-order valence-corrected chi connectivity index (χ2v) is 8.02. The minimum Gasteiger partial charge on any atom is -0.395 e. The molecule has 6 nitrogen and oxygen atoms in total. The smallest absolute Gasteiger partial charge is 0.138 e. The van der Waals surface area contributed by atoms with Gasteiger partial charge in [-0.25, -0.2) is 4.98 Å². The monoisotopic (exact) mass is 435 g/mol. The zero-order chi connectivity index (χ0) is 22.6. The molecular formula is C27H25N5O. The average Bonchev–Trinajstić information content (AvgIpc) is 3.33. The Bertz CT molecular complexity index is 1390. The first-order chi connectivity index (χ1) is 16.2. The molecule has 0 spiro atoms. The maximum absolute atomic E-state index is 8.92. The molecule has 33 heavy (non-hydrogen) atoms. The standard InChI is InChI=1S/C27H25N5O/c1-18-3-2-4-25(31-18)26-14-24(23-9-10-30-27(23)32-26)22-13-21(16-29-17-22)20-7-5-19(6-8-20)15-28-11-12-33/h2-10,13-14,16-17,28,33H,11-12,15H2,1H3,(H,30,32). The van der Waals surface area contributed by atoms with Crippen LogP contribution >= 0.6 is 0 Å². The fraction of sp³-hybridized carbons (Fsp3) is 0.148. The minimum atomic E-state index is 0.140. The summed E-state index contributed by atoms with van der Waals surface area (Å²) in [6.07, 6.45) is 5.70. The van der Waals surface area contributed by atoms with Crippen LogP contribution in [0.4, 0.5) is 0 Å². The number of aromatic nitrogens is 4. The SMILES string of the molecule is Cc1cccc(-c2cc(-c3cncc(-c4ccc(CNCCO)cc4)c3)c3cc[nH]c3n2)n1. The van der Waals surface area contributed by atoms with Crippen LogP contribution in [0.25, 0.3) is 44.7 Å². The van der Waals surface area contributed by atoms with Crippen molar-refractivity contribution >= 4 is 11.0 Å². The highest BCUT2D eigenvalue weighted by molar-refractivity contribution is 5.95. The number of aliphatic hydroxyl groups is 1. The number of aliphatic hydroxyl groups excluding tert-OH is 1. The van der Waals surface area contributed by atoms with Crippen LogP contribution in [-0.2, 0) is 6.54 Å². The maximum Gasteiger partial charge on any atom is 0.138 e. The molecule has 0 saturated carbocycles. The van der Waals surface area contributed by atoms with Gasteiger partial charge in [0.1, 0.15) is 5.65 Å². The Morgan fingerprint density at radius 3 is 2.55 bits per heavy atom. The number of benzene rings is 1. The van der Waals surface area contributed by atoms with Crippen molar-refractivity contribution in [3.63, 3.8) is 0 Å². The Morgan fingerprint density at radius 2 is 1.73 bits per heavy atom. The molecule has 5 rings (SSSR count). The molecule has 0 amide bonds. The molecular weight excluding hydrogens is 410 g/mol. The zero-order valence-corrected chi connectivity index (χ0v) is 18.4. The van der Waals surface area contributed by atoms with Gasteiger partial charge in [0.05, 0.1) is 18.0 Å². The fourth-order valence-corrected chi connectivity index (χ4v) is 3.97. The summed E-state index contributed by atoms with van der Waals surface area (Å²) in [5, 5.41) is 13.2. The average molecular weight is 436 g/mol. The summed E-state index contributed by atoms with van der Waals surface area (Å²) in [5.74, 6) is 0. The van der Waals surface area contributed by atoms with Gasteiger partial charge in [0.25, 0.3) is 0 Å². The highest BCUT2D eigenvalue weighted by Gasteiger charge is 2.12. The molecule has 0 saturated heterocycles. The number of H-pyrrole nitrogens is 1. The molecule has 0 radical (unpaired) electrons. The number of aromatic amines is 1. The van der Waals surface area contributed by atoms with Gasteiger partial charge in [0, 0.05) is 53.9 Å². The summed E-state index contributed by atoms with van der Waals surface area (Å²) in [7, 11) is 0. The number of hydrogen-bond acceptors (Lipinski definition) is 5.